The molecule has 0 saturated carbocycles. The van der Waals surface area contributed by atoms with E-state index in [1.54, 1.807) is 13.1 Å². The van der Waals surface area contributed by atoms with Crippen LogP contribution >= 0.6 is 0 Å². The first-order chi connectivity index (χ1) is 16.9. The summed E-state index contributed by atoms with van der Waals surface area (Å²) in [6, 6.07) is 9.50. The molecule has 1 aliphatic carbocycles. The Morgan fingerprint density at radius 1 is 1.20 bits per heavy atom. The molecule has 9 heteroatoms. The van der Waals surface area contributed by atoms with E-state index < -0.39 is 11.7 Å². The molecule has 2 aromatic carbocycles. The number of fused-ring (bicyclic) bond motifs is 1. The van der Waals surface area contributed by atoms with Crippen molar-refractivity contribution < 1.29 is 18.7 Å². The van der Waals surface area contributed by atoms with E-state index in [1.807, 2.05) is 37.4 Å². The van der Waals surface area contributed by atoms with Crippen LogP contribution in [0.25, 0.3) is 5.57 Å². The summed E-state index contributed by atoms with van der Waals surface area (Å²) in [5.41, 5.74) is 4.94. The smallest absolute Gasteiger partial charge is 0.255 e. The molecule has 0 aromatic heterocycles. The molecule has 1 heterocycles. The van der Waals surface area contributed by atoms with Gasteiger partial charge in [-0.3, -0.25) is 14.6 Å². The summed E-state index contributed by atoms with van der Waals surface area (Å²) in [6.45, 7) is 1.80. The largest absolute Gasteiger partial charge is 0.375 e. The van der Waals surface area contributed by atoms with Gasteiger partial charge in [0.1, 0.15) is 12.4 Å². The molecule has 0 fully saturated rings. The van der Waals surface area contributed by atoms with Crippen molar-refractivity contribution in [3.8, 4) is 0 Å². The normalized spacial score (nSPS) is 17.7. The number of carbonyl (C=O) groups excluding carboxylic acids is 2. The average molecular weight is 476 g/mol. The predicted molar refractivity (Wildman–Crippen MR) is 135 cm³/mol. The number of carbonyl (C=O) groups is 2. The molecule has 2 aromatic rings. The Bertz CT molecular complexity index is 1300. The molecule has 1 aliphatic heterocycles. The Morgan fingerprint density at radius 3 is 2.80 bits per heavy atom. The van der Waals surface area contributed by atoms with Gasteiger partial charge in [0.25, 0.3) is 5.91 Å². The number of nitrogens with one attached hydrogen (secondary N) is 3. The molecule has 1 unspecified atom stereocenters. The maximum Gasteiger partial charge on any atom is 0.255 e. The zero-order valence-corrected chi connectivity index (χ0v) is 19.7. The van der Waals surface area contributed by atoms with Gasteiger partial charge in [-0.25, -0.2) is 9.38 Å². The number of guanidine groups is 1. The minimum Gasteiger partial charge on any atom is -0.375 e. The fourth-order valence-corrected chi connectivity index (χ4v) is 3.96. The van der Waals surface area contributed by atoms with Gasteiger partial charge in [0.15, 0.2) is 0 Å². The second-order valence-corrected chi connectivity index (χ2v) is 8.23. The SMILES string of the molecule is CN=C1N=CC2CC(c3cc(C(=O)Nc4ccc(F)c(NC(=O)COC)c4)ccc3C)=CC=C2N1. The van der Waals surface area contributed by atoms with Gasteiger partial charge in [0.2, 0.25) is 11.9 Å². The number of nitrogens with zero attached hydrogens (tertiary/aromatic N) is 2. The van der Waals surface area contributed by atoms with Crippen molar-refractivity contribution >= 4 is 40.9 Å². The highest BCUT2D eigenvalue weighted by molar-refractivity contribution is 6.05. The number of aliphatic imine (C=N–C) groups is 2. The zero-order valence-electron chi connectivity index (χ0n) is 19.7. The number of anilines is 2. The highest BCUT2D eigenvalue weighted by Gasteiger charge is 2.24. The number of benzene rings is 2. The van der Waals surface area contributed by atoms with Crippen molar-refractivity contribution in [3.63, 3.8) is 0 Å². The van der Waals surface area contributed by atoms with Crippen LogP contribution in [0.1, 0.15) is 27.9 Å². The van der Waals surface area contributed by atoms with Gasteiger partial charge in [-0.2, -0.15) is 0 Å². The molecular formula is C26H26FN5O3. The van der Waals surface area contributed by atoms with Crippen LogP contribution in [0.5, 0.6) is 0 Å². The maximum atomic E-state index is 14.1. The van der Waals surface area contributed by atoms with E-state index >= 15 is 0 Å². The van der Waals surface area contributed by atoms with E-state index in [0.717, 1.165) is 28.8 Å². The molecule has 0 spiro atoms. The fourth-order valence-electron chi connectivity index (χ4n) is 3.96. The van der Waals surface area contributed by atoms with Gasteiger partial charge < -0.3 is 20.7 Å². The molecule has 35 heavy (non-hydrogen) atoms. The Hall–Kier alpha value is -4.11. The van der Waals surface area contributed by atoms with E-state index in [0.29, 0.717) is 17.2 Å². The van der Waals surface area contributed by atoms with Crippen LogP contribution < -0.4 is 16.0 Å². The second-order valence-electron chi connectivity index (χ2n) is 8.23. The van der Waals surface area contributed by atoms with E-state index in [9.17, 15) is 14.0 Å². The Morgan fingerprint density at radius 2 is 2.03 bits per heavy atom. The zero-order chi connectivity index (χ0) is 24.9. The highest BCUT2D eigenvalue weighted by atomic mass is 19.1. The summed E-state index contributed by atoms with van der Waals surface area (Å²) in [7, 11) is 3.06. The third-order valence-electron chi connectivity index (χ3n) is 5.77. The lowest BCUT2D eigenvalue weighted by Gasteiger charge is -2.26. The molecule has 0 bridgehead atoms. The Labute approximate surface area is 202 Å². The lowest BCUT2D eigenvalue weighted by Crippen LogP contribution is -2.32. The molecule has 8 nitrogen and oxygen atoms in total. The average Bonchev–Trinajstić information content (AvgIpc) is 2.85. The van der Waals surface area contributed by atoms with Gasteiger partial charge in [0.05, 0.1) is 5.69 Å². The summed E-state index contributed by atoms with van der Waals surface area (Å²) in [6.07, 6.45) is 6.70. The van der Waals surface area contributed by atoms with E-state index in [2.05, 4.69) is 25.9 Å². The van der Waals surface area contributed by atoms with Crippen LogP contribution in [0.4, 0.5) is 15.8 Å². The van der Waals surface area contributed by atoms with E-state index in [4.69, 9.17) is 4.74 Å². The van der Waals surface area contributed by atoms with Crippen molar-refractivity contribution in [1.29, 1.82) is 0 Å². The van der Waals surface area contributed by atoms with Gasteiger partial charge in [-0.15, -0.1) is 0 Å². The topological polar surface area (TPSA) is 104 Å². The summed E-state index contributed by atoms with van der Waals surface area (Å²) in [4.78, 5) is 33.2. The summed E-state index contributed by atoms with van der Waals surface area (Å²) >= 11 is 0. The summed E-state index contributed by atoms with van der Waals surface area (Å²) < 4.78 is 18.8. The lowest BCUT2D eigenvalue weighted by molar-refractivity contribution is -0.119. The molecule has 4 rings (SSSR count). The van der Waals surface area contributed by atoms with E-state index in [-0.39, 0.29) is 24.1 Å². The van der Waals surface area contributed by atoms with Gasteiger partial charge in [-0.1, -0.05) is 12.1 Å². The summed E-state index contributed by atoms with van der Waals surface area (Å²) in [5, 5.41) is 8.42. The van der Waals surface area contributed by atoms with Crippen molar-refractivity contribution in [1.82, 2.24) is 5.32 Å². The molecule has 3 N–H and O–H groups in total. The second kappa shape index (κ2) is 10.4. The number of hydrogen-bond donors (Lipinski definition) is 3. The Balaban J connectivity index is 1.53. The third-order valence-corrected chi connectivity index (χ3v) is 5.77. The van der Waals surface area contributed by atoms with Crippen molar-refractivity contribution in [3.05, 3.63) is 76.8 Å². The molecule has 2 aliphatic rings. The maximum absolute atomic E-state index is 14.1. The monoisotopic (exact) mass is 475 g/mol. The van der Waals surface area contributed by atoms with Gasteiger partial charge in [-0.05, 0) is 66.5 Å². The number of allylic oxidation sites excluding steroid dienone is 4. The van der Waals surface area contributed by atoms with Crippen molar-refractivity contribution in [2.45, 2.75) is 13.3 Å². The number of methoxy groups -OCH3 is 1. The minimum absolute atomic E-state index is 0.0385. The molecule has 2 amide bonds. The van der Waals surface area contributed by atoms with Crippen molar-refractivity contribution in [2.24, 2.45) is 15.9 Å². The standard InChI is InChI=1S/C26H26FN5O3/c1-15-4-5-17(11-20(15)16-6-9-22-18(10-16)13-29-26(28-2)32-22)25(34)30-19-7-8-21(27)23(12-19)31-24(33)14-35-3/h4-9,11-13,18H,10,14H2,1-3H3,(H,28,32)(H,30,34)(H,31,33). The van der Waals surface area contributed by atoms with Crippen molar-refractivity contribution in [2.75, 3.05) is 31.4 Å². The Kier molecular flexibility index (Phi) is 7.17. The molecule has 180 valence electrons. The predicted octanol–water partition coefficient (Wildman–Crippen LogP) is 3.92. The van der Waals surface area contributed by atoms with Crippen LogP contribution in [0, 0.1) is 18.7 Å². The minimum atomic E-state index is -0.611. The first-order valence-electron chi connectivity index (χ1n) is 11.1. The first kappa shape index (κ1) is 24.0. The highest BCUT2D eigenvalue weighted by Crippen LogP contribution is 2.33. The number of hydrogen-bond acceptors (Lipinski definition) is 4. The number of aryl methyl sites for hydroxylation is 1. The number of amides is 2. The lowest BCUT2D eigenvalue weighted by atomic mass is 9.85. The number of rotatable bonds is 6. The van der Waals surface area contributed by atoms with Crippen LogP contribution in [-0.2, 0) is 9.53 Å². The molecular weight excluding hydrogens is 449 g/mol. The third kappa shape index (κ3) is 5.52. The van der Waals surface area contributed by atoms with Crippen LogP contribution in [0.3, 0.4) is 0 Å². The molecule has 1 atom stereocenters. The van der Waals surface area contributed by atoms with Gasteiger partial charge >= 0.3 is 0 Å². The van der Waals surface area contributed by atoms with Crippen LogP contribution in [0.2, 0.25) is 0 Å². The van der Waals surface area contributed by atoms with Crippen LogP contribution in [-0.4, -0.2) is 44.8 Å². The number of ether oxygens (including phenoxy) is 1. The summed E-state index contributed by atoms with van der Waals surface area (Å²) in [5.74, 6) is -0.749. The fraction of sp³-hybridized carbons (Fsp3) is 0.231. The molecule has 0 saturated heterocycles. The van der Waals surface area contributed by atoms with E-state index in [1.165, 1.54) is 25.3 Å². The van der Waals surface area contributed by atoms with Gasteiger partial charge in [0, 0.05) is 43.2 Å². The molecule has 0 radical (unpaired) electrons. The first-order valence-corrected chi connectivity index (χ1v) is 11.1. The van der Waals surface area contributed by atoms with Crippen LogP contribution in [0.15, 0.2) is 64.2 Å². The quantitative estimate of drug-likeness (QED) is 0.589. The number of halogens is 1.